The summed E-state index contributed by atoms with van der Waals surface area (Å²) in [4.78, 5) is 0. The molecule has 0 heterocycles. The van der Waals surface area contributed by atoms with Gasteiger partial charge in [-0.3, -0.25) is 0 Å². The third-order valence-corrected chi connectivity index (χ3v) is 1.82. The lowest BCUT2D eigenvalue weighted by Gasteiger charge is -2.14. The molecule has 1 aromatic rings. The smallest absolute Gasteiger partial charge is 0.418 e. The van der Waals surface area contributed by atoms with Gasteiger partial charge in [-0.05, 0) is 24.6 Å². The number of hydrogen-bond donors (Lipinski definition) is 1. The molecule has 0 aromatic heterocycles. The van der Waals surface area contributed by atoms with Gasteiger partial charge in [0.05, 0.1) is 6.61 Å². The maximum atomic E-state index is 12.1. The van der Waals surface area contributed by atoms with E-state index in [-0.39, 0.29) is 5.56 Å². The van der Waals surface area contributed by atoms with E-state index in [1.807, 2.05) is 0 Å². The van der Waals surface area contributed by atoms with Crippen molar-refractivity contribution in [2.24, 2.45) is 0 Å². The highest BCUT2D eigenvalue weighted by atomic mass is 19.4. The van der Waals surface area contributed by atoms with Gasteiger partial charge in [0.2, 0.25) is 0 Å². The standard InChI is InChI=1S/C10H11F3O2/c1-2-15-8-5-3-7(4-6-8)9(14)10(11,12)13/h3-6,9,14H,2H2,1H3/t9-/m1/s1. The van der Waals surface area contributed by atoms with Crippen molar-refractivity contribution in [2.45, 2.75) is 19.2 Å². The molecule has 0 aliphatic rings. The van der Waals surface area contributed by atoms with Crippen LogP contribution in [0.4, 0.5) is 13.2 Å². The Morgan fingerprint density at radius 1 is 1.27 bits per heavy atom. The second-order valence-electron chi connectivity index (χ2n) is 2.95. The van der Waals surface area contributed by atoms with Crippen molar-refractivity contribution in [1.29, 1.82) is 0 Å². The van der Waals surface area contributed by atoms with Gasteiger partial charge in [-0.1, -0.05) is 12.1 Å². The van der Waals surface area contributed by atoms with Crippen LogP contribution in [0, 0.1) is 0 Å². The Morgan fingerprint density at radius 2 is 1.80 bits per heavy atom. The molecule has 0 fully saturated rings. The Hall–Kier alpha value is -1.23. The average Bonchev–Trinajstić information content (AvgIpc) is 2.17. The zero-order valence-corrected chi connectivity index (χ0v) is 8.08. The number of rotatable bonds is 3. The van der Waals surface area contributed by atoms with E-state index in [1.54, 1.807) is 6.92 Å². The topological polar surface area (TPSA) is 29.5 Å². The number of aliphatic hydroxyl groups is 1. The zero-order valence-electron chi connectivity index (χ0n) is 8.08. The number of aliphatic hydroxyl groups excluding tert-OH is 1. The van der Waals surface area contributed by atoms with Gasteiger partial charge in [0.15, 0.2) is 6.10 Å². The monoisotopic (exact) mass is 220 g/mol. The Bertz CT molecular complexity index is 305. The van der Waals surface area contributed by atoms with Crippen molar-refractivity contribution < 1.29 is 23.0 Å². The van der Waals surface area contributed by atoms with Crippen molar-refractivity contribution >= 4 is 0 Å². The van der Waals surface area contributed by atoms with E-state index >= 15 is 0 Å². The predicted molar refractivity (Wildman–Crippen MR) is 48.6 cm³/mol. The fourth-order valence-corrected chi connectivity index (χ4v) is 1.10. The molecule has 15 heavy (non-hydrogen) atoms. The molecular formula is C10H11F3O2. The van der Waals surface area contributed by atoms with Crippen LogP contribution in [0.15, 0.2) is 24.3 Å². The Morgan fingerprint density at radius 3 is 2.20 bits per heavy atom. The molecule has 5 heteroatoms. The molecule has 0 amide bonds. The summed E-state index contributed by atoms with van der Waals surface area (Å²) in [6.45, 7) is 2.22. The molecule has 1 atom stereocenters. The normalized spacial score (nSPS) is 13.7. The van der Waals surface area contributed by atoms with Crippen molar-refractivity contribution in [2.75, 3.05) is 6.61 Å². The Kier molecular flexibility index (Phi) is 3.57. The van der Waals surface area contributed by atoms with E-state index in [1.165, 1.54) is 24.3 Å². The molecule has 0 spiro atoms. The largest absolute Gasteiger partial charge is 0.494 e. The number of benzene rings is 1. The number of hydrogen-bond acceptors (Lipinski definition) is 2. The third-order valence-electron chi connectivity index (χ3n) is 1.82. The van der Waals surface area contributed by atoms with Crippen LogP contribution < -0.4 is 4.74 Å². The summed E-state index contributed by atoms with van der Waals surface area (Å²) in [6.07, 6.45) is -7.07. The molecule has 1 aromatic carbocycles. The van der Waals surface area contributed by atoms with Crippen molar-refractivity contribution in [3.63, 3.8) is 0 Å². The van der Waals surface area contributed by atoms with E-state index in [0.29, 0.717) is 12.4 Å². The Labute approximate surface area is 85.3 Å². The van der Waals surface area contributed by atoms with Crippen LogP contribution >= 0.6 is 0 Å². The molecule has 1 rings (SSSR count). The number of ether oxygens (including phenoxy) is 1. The first-order valence-corrected chi connectivity index (χ1v) is 4.42. The minimum absolute atomic E-state index is 0.189. The molecule has 0 radical (unpaired) electrons. The molecule has 0 aliphatic heterocycles. The molecule has 0 saturated heterocycles. The summed E-state index contributed by atoms with van der Waals surface area (Å²) in [5.41, 5.74) is -0.189. The molecule has 84 valence electrons. The minimum Gasteiger partial charge on any atom is -0.494 e. The SMILES string of the molecule is CCOc1ccc([C@@H](O)C(F)(F)F)cc1. The van der Waals surface area contributed by atoms with E-state index in [0.717, 1.165) is 0 Å². The van der Waals surface area contributed by atoms with Crippen molar-refractivity contribution in [3.05, 3.63) is 29.8 Å². The minimum atomic E-state index is -4.63. The first kappa shape index (κ1) is 11.8. The number of alkyl halides is 3. The highest BCUT2D eigenvalue weighted by Gasteiger charge is 2.39. The van der Waals surface area contributed by atoms with Gasteiger partial charge in [-0.15, -0.1) is 0 Å². The second-order valence-corrected chi connectivity index (χ2v) is 2.95. The molecule has 0 aliphatic carbocycles. The average molecular weight is 220 g/mol. The molecular weight excluding hydrogens is 209 g/mol. The van der Waals surface area contributed by atoms with Crippen LogP contribution in [0.5, 0.6) is 5.75 Å². The first-order chi connectivity index (χ1) is 6.95. The molecule has 0 saturated carbocycles. The van der Waals surface area contributed by atoms with Gasteiger partial charge in [0, 0.05) is 0 Å². The maximum Gasteiger partial charge on any atom is 0.418 e. The van der Waals surface area contributed by atoms with Crippen LogP contribution in [-0.4, -0.2) is 17.9 Å². The van der Waals surface area contributed by atoms with Crippen LogP contribution in [0.2, 0.25) is 0 Å². The van der Waals surface area contributed by atoms with Crippen LogP contribution in [0.3, 0.4) is 0 Å². The lowest BCUT2D eigenvalue weighted by atomic mass is 10.1. The zero-order chi connectivity index (χ0) is 11.5. The van der Waals surface area contributed by atoms with Crippen LogP contribution in [0.25, 0.3) is 0 Å². The van der Waals surface area contributed by atoms with E-state index in [9.17, 15) is 13.2 Å². The predicted octanol–water partition coefficient (Wildman–Crippen LogP) is 2.68. The van der Waals surface area contributed by atoms with E-state index in [4.69, 9.17) is 9.84 Å². The van der Waals surface area contributed by atoms with E-state index < -0.39 is 12.3 Å². The summed E-state index contributed by atoms with van der Waals surface area (Å²) in [5.74, 6) is 0.482. The summed E-state index contributed by atoms with van der Waals surface area (Å²) in [6, 6.07) is 5.19. The van der Waals surface area contributed by atoms with E-state index in [2.05, 4.69) is 0 Å². The first-order valence-electron chi connectivity index (χ1n) is 4.42. The van der Waals surface area contributed by atoms with Crippen molar-refractivity contribution in [1.82, 2.24) is 0 Å². The second kappa shape index (κ2) is 4.53. The van der Waals surface area contributed by atoms with Gasteiger partial charge in [0.25, 0.3) is 0 Å². The summed E-state index contributed by atoms with van der Waals surface area (Å²) in [7, 11) is 0. The van der Waals surface area contributed by atoms with Gasteiger partial charge in [-0.25, -0.2) is 0 Å². The fourth-order valence-electron chi connectivity index (χ4n) is 1.10. The molecule has 0 bridgehead atoms. The van der Waals surface area contributed by atoms with Gasteiger partial charge in [-0.2, -0.15) is 13.2 Å². The Balaban J connectivity index is 2.80. The third kappa shape index (κ3) is 3.13. The highest BCUT2D eigenvalue weighted by Crippen LogP contribution is 2.32. The summed E-state index contributed by atoms with van der Waals surface area (Å²) >= 11 is 0. The van der Waals surface area contributed by atoms with Gasteiger partial charge >= 0.3 is 6.18 Å². The molecule has 1 N–H and O–H groups in total. The van der Waals surface area contributed by atoms with Crippen LogP contribution in [-0.2, 0) is 0 Å². The van der Waals surface area contributed by atoms with Gasteiger partial charge in [0.1, 0.15) is 5.75 Å². The molecule has 0 unspecified atom stereocenters. The fraction of sp³-hybridized carbons (Fsp3) is 0.400. The van der Waals surface area contributed by atoms with Gasteiger partial charge < -0.3 is 9.84 Å². The van der Waals surface area contributed by atoms with Crippen molar-refractivity contribution in [3.8, 4) is 5.75 Å². The molecule has 2 nitrogen and oxygen atoms in total. The summed E-state index contributed by atoms with van der Waals surface area (Å²) in [5, 5.41) is 8.91. The maximum absolute atomic E-state index is 12.1. The summed E-state index contributed by atoms with van der Waals surface area (Å²) < 4.78 is 41.4. The lowest BCUT2D eigenvalue weighted by molar-refractivity contribution is -0.206. The van der Waals surface area contributed by atoms with Crippen LogP contribution in [0.1, 0.15) is 18.6 Å². The quantitative estimate of drug-likeness (QED) is 0.848. The lowest BCUT2D eigenvalue weighted by Crippen LogP contribution is -2.19. The highest BCUT2D eigenvalue weighted by molar-refractivity contribution is 5.29. The number of halogens is 3.